The number of piperidine rings is 2. The standard InChI is InChI=1S/C20H27N5O.ClH/c1-15-5-7-16(8-6-15)19-4-2-3-13-24(19)20(26)18-14-25(23-22-18)17-9-11-21-12-10-17;/h5-8,14,17,19,21H,2-4,9-13H2,1H3;1H. The van der Waals surface area contributed by atoms with E-state index in [0.717, 1.165) is 51.7 Å². The van der Waals surface area contributed by atoms with E-state index in [1.54, 1.807) is 0 Å². The molecule has 1 aromatic carbocycles. The summed E-state index contributed by atoms with van der Waals surface area (Å²) < 4.78 is 1.89. The fourth-order valence-corrected chi connectivity index (χ4v) is 4.08. The van der Waals surface area contributed by atoms with Crippen molar-refractivity contribution in [2.24, 2.45) is 0 Å². The largest absolute Gasteiger partial charge is 0.330 e. The summed E-state index contributed by atoms with van der Waals surface area (Å²) in [4.78, 5) is 15.1. The van der Waals surface area contributed by atoms with Gasteiger partial charge in [-0.3, -0.25) is 4.79 Å². The predicted octanol–water partition coefficient (Wildman–Crippen LogP) is 3.30. The first kappa shape index (κ1) is 19.8. The van der Waals surface area contributed by atoms with E-state index in [2.05, 4.69) is 46.8 Å². The number of carbonyl (C=O) groups excluding carboxylic acids is 1. The van der Waals surface area contributed by atoms with E-state index < -0.39 is 0 Å². The third-order valence-corrected chi connectivity index (χ3v) is 5.64. The minimum atomic E-state index is 0. The fraction of sp³-hybridized carbons (Fsp3) is 0.550. The summed E-state index contributed by atoms with van der Waals surface area (Å²) in [5.41, 5.74) is 2.93. The Bertz CT molecular complexity index is 754. The summed E-state index contributed by atoms with van der Waals surface area (Å²) in [6.45, 7) is 4.87. The minimum Gasteiger partial charge on any atom is -0.330 e. The lowest BCUT2D eigenvalue weighted by atomic mass is 9.94. The van der Waals surface area contributed by atoms with Gasteiger partial charge < -0.3 is 10.2 Å². The van der Waals surface area contributed by atoms with Crippen LogP contribution in [0.5, 0.6) is 0 Å². The van der Waals surface area contributed by atoms with Crippen LogP contribution in [0, 0.1) is 6.92 Å². The Kier molecular flexibility index (Phi) is 6.50. The summed E-state index contributed by atoms with van der Waals surface area (Å²) in [5, 5.41) is 11.8. The number of halogens is 1. The van der Waals surface area contributed by atoms with Crippen LogP contribution in [0.25, 0.3) is 0 Å². The molecule has 0 aliphatic carbocycles. The Balaban J connectivity index is 0.00000210. The molecular weight excluding hydrogens is 362 g/mol. The number of amides is 1. The van der Waals surface area contributed by atoms with Crippen LogP contribution < -0.4 is 5.32 Å². The molecule has 0 radical (unpaired) electrons. The number of likely N-dealkylation sites (tertiary alicyclic amines) is 1. The highest BCUT2D eigenvalue weighted by Gasteiger charge is 2.30. The van der Waals surface area contributed by atoms with Crippen molar-refractivity contribution in [2.75, 3.05) is 19.6 Å². The molecule has 1 N–H and O–H groups in total. The van der Waals surface area contributed by atoms with Crippen molar-refractivity contribution in [1.29, 1.82) is 0 Å². The van der Waals surface area contributed by atoms with E-state index in [1.165, 1.54) is 11.1 Å². The van der Waals surface area contributed by atoms with E-state index in [0.29, 0.717) is 11.7 Å². The van der Waals surface area contributed by atoms with Crippen molar-refractivity contribution >= 4 is 18.3 Å². The molecule has 1 aromatic heterocycles. The fourth-order valence-electron chi connectivity index (χ4n) is 4.08. The monoisotopic (exact) mass is 389 g/mol. The lowest BCUT2D eigenvalue weighted by Crippen LogP contribution is -2.38. The van der Waals surface area contributed by atoms with E-state index in [-0.39, 0.29) is 24.4 Å². The average Bonchev–Trinajstić information content (AvgIpc) is 3.19. The van der Waals surface area contributed by atoms with Crippen LogP contribution >= 0.6 is 12.4 Å². The molecule has 27 heavy (non-hydrogen) atoms. The molecule has 1 unspecified atom stereocenters. The van der Waals surface area contributed by atoms with E-state index in [1.807, 2.05) is 15.8 Å². The first-order chi connectivity index (χ1) is 12.7. The maximum absolute atomic E-state index is 13.1. The zero-order chi connectivity index (χ0) is 17.9. The molecule has 1 atom stereocenters. The zero-order valence-electron chi connectivity index (χ0n) is 15.8. The lowest BCUT2D eigenvalue weighted by molar-refractivity contribution is 0.0605. The first-order valence-electron chi connectivity index (χ1n) is 9.72. The van der Waals surface area contributed by atoms with Gasteiger partial charge in [-0.25, -0.2) is 4.68 Å². The smallest absolute Gasteiger partial charge is 0.276 e. The summed E-state index contributed by atoms with van der Waals surface area (Å²) in [6.07, 6.45) is 7.14. The van der Waals surface area contributed by atoms with Gasteiger partial charge in [0.05, 0.1) is 18.3 Å². The third kappa shape index (κ3) is 4.33. The van der Waals surface area contributed by atoms with Gasteiger partial charge in [0, 0.05) is 6.54 Å². The molecule has 0 saturated carbocycles. The maximum atomic E-state index is 13.1. The molecule has 0 spiro atoms. The minimum absolute atomic E-state index is 0. The summed E-state index contributed by atoms with van der Waals surface area (Å²) >= 11 is 0. The van der Waals surface area contributed by atoms with Crippen LogP contribution in [-0.4, -0.2) is 45.4 Å². The Morgan fingerprint density at radius 1 is 1.11 bits per heavy atom. The molecule has 2 fully saturated rings. The Labute approximate surface area is 166 Å². The van der Waals surface area contributed by atoms with Gasteiger partial charge in [-0.15, -0.1) is 17.5 Å². The highest BCUT2D eigenvalue weighted by atomic mass is 35.5. The van der Waals surface area contributed by atoms with Gasteiger partial charge in [-0.2, -0.15) is 0 Å². The van der Waals surface area contributed by atoms with Crippen LogP contribution in [-0.2, 0) is 0 Å². The Hall–Kier alpha value is -1.92. The van der Waals surface area contributed by atoms with Crippen LogP contribution in [0.1, 0.15) is 65.8 Å². The average molecular weight is 390 g/mol. The van der Waals surface area contributed by atoms with E-state index >= 15 is 0 Å². The second-order valence-electron chi connectivity index (χ2n) is 7.49. The van der Waals surface area contributed by atoms with Crippen molar-refractivity contribution in [1.82, 2.24) is 25.2 Å². The number of rotatable bonds is 3. The molecule has 2 aromatic rings. The van der Waals surface area contributed by atoms with Gasteiger partial charge in [0.15, 0.2) is 5.69 Å². The van der Waals surface area contributed by atoms with Crippen molar-refractivity contribution < 1.29 is 4.79 Å². The number of hydrogen-bond donors (Lipinski definition) is 1. The quantitative estimate of drug-likeness (QED) is 0.874. The number of hydrogen-bond acceptors (Lipinski definition) is 4. The molecule has 4 rings (SSSR count). The molecule has 146 valence electrons. The van der Waals surface area contributed by atoms with Gasteiger partial charge in [-0.05, 0) is 57.7 Å². The van der Waals surface area contributed by atoms with Crippen molar-refractivity contribution in [3.05, 3.63) is 47.3 Å². The van der Waals surface area contributed by atoms with Crippen molar-refractivity contribution in [2.45, 2.75) is 51.1 Å². The Morgan fingerprint density at radius 2 is 1.85 bits per heavy atom. The van der Waals surface area contributed by atoms with E-state index in [4.69, 9.17) is 0 Å². The molecule has 0 bridgehead atoms. The van der Waals surface area contributed by atoms with Crippen LogP contribution in [0.3, 0.4) is 0 Å². The molecule has 6 nitrogen and oxygen atoms in total. The van der Waals surface area contributed by atoms with Gasteiger partial charge in [0.1, 0.15) is 0 Å². The molecular formula is C20H28ClN5O. The summed E-state index contributed by atoms with van der Waals surface area (Å²) in [6, 6.07) is 9.04. The highest BCUT2D eigenvalue weighted by Crippen LogP contribution is 2.32. The number of aromatic nitrogens is 3. The number of carbonyl (C=O) groups is 1. The molecule has 3 heterocycles. The third-order valence-electron chi connectivity index (χ3n) is 5.64. The summed E-state index contributed by atoms with van der Waals surface area (Å²) in [7, 11) is 0. The summed E-state index contributed by atoms with van der Waals surface area (Å²) in [5.74, 6) is 0.00968. The van der Waals surface area contributed by atoms with Crippen LogP contribution in [0.2, 0.25) is 0 Å². The first-order valence-corrected chi connectivity index (χ1v) is 9.72. The predicted molar refractivity (Wildman–Crippen MR) is 107 cm³/mol. The number of benzene rings is 1. The number of nitrogens with one attached hydrogen (secondary N) is 1. The van der Waals surface area contributed by atoms with Crippen LogP contribution in [0.15, 0.2) is 30.5 Å². The van der Waals surface area contributed by atoms with Crippen molar-refractivity contribution in [3.63, 3.8) is 0 Å². The maximum Gasteiger partial charge on any atom is 0.276 e. The molecule has 2 saturated heterocycles. The van der Waals surface area contributed by atoms with Gasteiger partial charge in [0.2, 0.25) is 0 Å². The Morgan fingerprint density at radius 3 is 2.59 bits per heavy atom. The number of aryl methyl sites for hydroxylation is 1. The van der Waals surface area contributed by atoms with E-state index in [9.17, 15) is 4.79 Å². The van der Waals surface area contributed by atoms with Gasteiger partial charge in [0.25, 0.3) is 5.91 Å². The number of nitrogens with zero attached hydrogens (tertiary/aromatic N) is 4. The van der Waals surface area contributed by atoms with Gasteiger partial charge >= 0.3 is 0 Å². The second-order valence-corrected chi connectivity index (χ2v) is 7.49. The molecule has 1 amide bonds. The second kappa shape index (κ2) is 8.85. The van der Waals surface area contributed by atoms with Crippen molar-refractivity contribution in [3.8, 4) is 0 Å². The SMILES string of the molecule is Cc1ccc(C2CCCCN2C(=O)c2cn(C3CCNCC3)nn2)cc1.Cl. The molecule has 2 aliphatic rings. The molecule has 2 aliphatic heterocycles. The highest BCUT2D eigenvalue weighted by molar-refractivity contribution is 5.92. The zero-order valence-corrected chi connectivity index (χ0v) is 16.6. The molecule has 7 heteroatoms. The normalized spacial score (nSPS) is 20.9. The lowest BCUT2D eigenvalue weighted by Gasteiger charge is -2.35. The van der Waals surface area contributed by atoms with Gasteiger partial charge in [-0.1, -0.05) is 35.0 Å². The van der Waals surface area contributed by atoms with Crippen LogP contribution in [0.4, 0.5) is 0 Å². The topological polar surface area (TPSA) is 63.1 Å².